The lowest BCUT2D eigenvalue weighted by Gasteiger charge is -2.36. The van der Waals surface area contributed by atoms with Gasteiger partial charge in [-0.25, -0.2) is 0 Å². The lowest BCUT2D eigenvalue weighted by atomic mass is 10.2. The van der Waals surface area contributed by atoms with Crippen LogP contribution in [-0.2, 0) is 11.3 Å². The Morgan fingerprint density at radius 3 is 2.69 bits per heavy atom. The minimum Gasteiger partial charge on any atom is -0.360 e. The van der Waals surface area contributed by atoms with Crippen LogP contribution in [0.2, 0.25) is 0 Å². The van der Waals surface area contributed by atoms with Crippen LogP contribution < -0.4 is 0 Å². The summed E-state index contributed by atoms with van der Waals surface area (Å²) in [4.78, 5) is 21.2. The minimum atomic E-state index is -2.13. The van der Waals surface area contributed by atoms with Crippen LogP contribution in [0.3, 0.4) is 0 Å². The van der Waals surface area contributed by atoms with E-state index in [-0.39, 0.29) is 5.91 Å². The number of carbonyl (C=O) groups excluding carboxylic acids is 1. The van der Waals surface area contributed by atoms with E-state index in [2.05, 4.69) is 21.8 Å². The van der Waals surface area contributed by atoms with Gasteiger partial charge in [0.1, 0.15) is 24.2 Å². The van der Waals surface area contributed by atoms with Gasteiger partial charge in [0.15, 0.2) is 0 Å². The first-order valence-corrected chi connectivity index (χ1v) is 11.7. The third kappa shape index (κ3) is 3.76. The van der Waals surface area contributed by atoms with Gasteiger partial charge in [-0.15, -0.1) is 16.4 Å². The molecule has 2 aliphatic heterocycles. The van der Waals surface area contributed by atoms with Gasteiger partial charge in [0.2, 0.25) is 7.57 Å². The third-order valence-electron chi connectivity index (χ3n) is 4.79. The highest BCUT2D eigenvalue weighted by Crippen LogP contribution is 2.73. The molecule has 26 heavy (non-hydrogen) atoms. The van der Waals surface area contributed by atoms with E-state index in [1.807, 2.05) is 17.0 Å². The summed E-state index contributed by atoms with van der Waals surface area (Å²) in [5, 5.41) is 8.50. The molecule has 6 nitrogen and oxygen atoms in total. The Morgan fingerprint density at radius 1 is 1.23 bits per heavy atom. The summed E-state index contributed by atoms with van der Waals surface area (Å²) in [7, 11) is -2.13. The monoisotopic (exact) mass is 392 g/mol. The Balaban J connectivity index is 1.35. The standard InChI is InChI=1S/C17H20FN5OPS/c1-13-17(24)22(6-7-25(18)8-9-25)4-5-23(13)11-14-2-3-15(21-20-14)16-10-19-12-26-16/h2-3,10,12H,1,4-9,11H2/q+1. The summed E-state index contributed by atoms with van der Waals surface area (Å²) in [6, 6.07) is 3.83. The number of aromatic nitrogens is 3. The highest BCUT2D eigenvalue weighted by molar-refractivity contribution is 7.78. The van der Waals surface area contributed by atoms with Gasteiger partial charge in [0.05, 0.1) is 34.9 Å². The fraction of sp³-hybridized carbons (Fsp3) is 0.412. The van der Waals surface area contributed by atoms with Crippen molar-refractivity contribution in [3.05, 3.63) is 41.8 Å². The average molecular weight is 392 g/mol. The van der Waals surface area contributed by atoms with E-state index < -0.39 is 7.57 Å². The van der Waals surface area contributed by atoms with E-state index in [0.717, 1.165) is 28.6 Å². The van der Waals surface area contributed by atoms with Crippen LogP contribution in [0.25, 0.3) is 10.6 Å². The molecule has 2 saturated heterocycles. The molecule has 0 atom stereocenters. The maximum Gasteiger partial charge on any atom is 0.269 e. The van der Waals surface area contributed by atoms with Crippen molar-refractivity contribution in [3.8, 4) is 10.6 Å². The first-order chi connectivity index (χ1) is 12.5. The first kappa shape index (κ1) is 17.5. The average Bonchev–Trinajstić information content (AvgIpc) is 3.15. The fourth-order valence-corrected chi connectivity index (χ4v) is 5.43. The lowest BCUT2D eigenvalue weighted by Crippen LogP contribution is -2.48. The van der Waals surface area contributed by atoms with Crippen molar-refractivity contribution in [3.63, 3.8) is 0 Å². The molecular weight excluding hydrogens is 372 g/mol. The summed E-state index contributed by atoms with van der Waals surface area (Å²) < 4.78 is 13.9. The normalized spacial score (nSPS) is 19.1. The Morgan fingerprint density at radius 2 is 2.04 bits per heavy atom. The predicted molar refractivity (Wildman–Crippen MR) is 102 cm³/mol. The van der Waals surface area contributed by atoms with Crippen LogP contribution in [0.15, 0.2) is 36.1 Å². The summed E-state index contributed by atoms with van der Waals surface area (Å²) in [5.41, 5.74) is 3.79. The SMILES string of the molecule is C=C1C(=O)N(CC[P+]2(F)CC2)CCN1Cc1ccc(-c2cncs2)nn1. The number of amides is 1. The number of nitrogens with zero attached hydrogens (tertiary/aromatic N) is 5. The molecule has 0 radical (unpaired) electrons. The summed E-state index contributed by atoms with van der Waals surface area (Å²) in [5.74, 6) is -0.0982. The highest BCUT2D eigenvalue weighted by atomic mass is 32.1. The molecule has 0 N–H and O–H groups in total. The molecular formula is C17H20FN5OPS+. The van der Waals surface area contributed by atoms with Gasteiger partial charge >= 0.3 is 0 Å². The molecule has 2 aromatic rings. The molecule has 0 aliphatic carbocycles. The number of carbonyl (C=O) groups is 1. The molecule has 0 aromatic carbocycles. The minimum absolute atomic E-state index is 0.0982. The van der Waals surface area contributed by atoms with Gasteiger partial charge < -0.3 is 9.80 Å². The fourth-order valence-electron chi connectivity index (χ4n) is 2.93. The zero-order chi connectivity index (χ0) is 18.1. The quantitative estimate of drug-likeness (QED) is 0.559. The largest absolute Gasteiger partial charge is 0.360 e. The molecule has 4 heterocycles. The van der Waals surface area contributed by atoms with Gasteiger partial charge in [-0.2, -0.15) is 5.10 Å². The highest BCUT2D eigenvalue weighted by Gasteiger charge is 2.54. The van der Waals surface area contributed by atoms with E-state index >= 15 is 0 Å². The van der Waals surface area contributed by atoms with Crippen molar-refractivity contribution in [2.75, 3.05) is 38.1 Å². The van der Waals surface area contributed by atoms with Gasteiger partial charge in [-0.3, -0.25) is 9.78 Å². The molecule has 2 aliphatic rings. The summed E-state index contributed by atoms with van der Waals surface area (Å²) in [6.07, 6.45) is 3.77. The second-order valence-corrected chi connectivity index (χ2v) is 10.9. The maximum atomic E-state index is 13.9. The van der Waals surface area contributed by atoms with Gasteiger partial charge in [-0.1, -0.05) is 10.8 Å². The molecule has 2 aromatic heterocycles. The van der Waals surface area contributed by atoms with Crippen molar-refractivity contribution >= 4 is 24.8 Å². The molecule has 0 unspecified atom stereocenters. The molecule has 4 rings (SSSR count). The van der Waals surface area contributed by atoms with Crippen molar-refractivity contribution < 1.29 is 8.99 Å². The topological polar surface area (TPSA) is 62.2 Å². The van der Waals surface area contributed by atoms with E-state index in [1.165, 1.54) is 11.3 Å². The van der Waals surface area contributed by atoms with Crippen molar-refractivity contribution in [2.45, 2.75) is 6.54 Å². The number of piperazine rings is 1. The van der Waals surface area contributed by atoms with Crippen molar-refractivity contribution in [1.29, 1.82) is 0 Å². The van der Waals surface area contributed by atoms with Crippen molar-refractivity contribution in [2.24, 2.45) is 0 Å². The van der Waals surface area contributed by atoms with Crippen LogP contribution in [0.5, 0.6) is 0 Å². The number of rotatable bonds is 6. The maximum absolute atomic E-state index is 13.9. The molecule has 9 heteroatoms. The predicted octanol–water partition coefficient (Wildman–Crippen LogP) is 2.67. The van der Waals surface area contributed by atoms with Gasteiger partial charge in [-0.05, 0) is 12.1 Å². The zero-order valence-corrected chi connectivity index (χ0v) is 16.1. The Hall–Kier alpha value is -1.92. The van der Waals surface area contributed by atoms with Crippen LogP contribution in [0.4, 0.5) is 4.20 Å². The molecule has 0 bridgehead atoms. The Bertz CT molecular complexity index is 809. The number of halogens is 1. The number of thiazole rings is 1. The number of hydrogen-bond donors (Lipinski definition) is 0. The van der Waals surface area contributed by atoms with Crippen LogP contribution >= 0.6 is 18.9 Å². The van der Waals surface area contributed by atoms with E-state index in [4.69, 9.17) is 0 Å². The second-order valence-electron chi connectivity index (χ2n) is 6.64. The van der Waals surface area contributed by atoms with Crippen LogP contribution in [0, 0.1) is 0 Å². The molecule has 0 spiro atoms. The molecule has 136 valence electrons. The van der Waals surface area contributed by atoms with Crippen molar-refractivity contribution in [1.82, 2.24) is 25.0 Å². The Labute approximate surface area is 156 Å². The summed E-state index contributed by atoms with van der Waals surface area (Å²) in [6.45, 7) is 6.23. The van der Waals surface area contributed by atoms with Gasteiger partial charge in [0, 0.05) is 19.3 Å². The summed E-state index contributed by atoms with van der Waals surface area (Å²) >= 11 is 1.52. The van der Waals surface area contributed by atoms with E-state index in [1.54, 1.807) is 16.6 Å². The van der Waals surface area contributed by atoms with E-state index in [9.17, 15) is 8.99 Å². The lowest BCUT2D eigenvalue weighted by molar-refractivity contribution is -0.131. The molecule has 0 saturated carbocycles. The molecule has 2 fully saturated rings. The zero-order valence-electron chi connectivity index (χ0n) is 14.3. The van der Waals surface area contributed by atoms with Crippen LogP contribution in [0.1, 0.15) is 5.69 Å². The number of hydrogen-bond acceptors (Lipinski definition) is 6. The first-order valence-electron chi connectivity index (χ1n) is 8.54. The molecule has 1 amide bonds. The smallest absolute Gasteiger partial charge is 0.269 e. The van der Waals surface area contributed by atoms with E-state index in [0.29, 0.717) is 38.0 Å². The second kappa shape index (κ2) is 7.00. The van der Waals surface area contributed by atoms with Crippen LogP contribution in [-0.4, -0.2) is 69.0 Å². The third-order valence-corrected chi connectivity index (χ3v) is 8.01. The van der Waals surface area contributed by atoms with Gasteiger partial charge in [0.25, 0.3) is 5.91 Å². The Kier molecular flexibility index (Phi) is 4.71.